The first-order valence-electron chi connectivity index (χ1n) is 5.59. The molecule has 1 aromatic heterocycles. The number of benzene rings is 1. The van der Waals surface area contributed by atoms with Gasteiger partial charge in [-0.25, -0.2) is 9.07 Å². The van der Waals surface area contributed by atoms with Gasteiger partial charge in [0.25, 0.3) is 0 Å². The zero-order valence-corrected chi connectivity index (χ0v) is 10.6. The van der Waals surface area contributed by atoms with E-state index in [2.05, 4.69) is 5.10 Å². The Kier molecular flexibility index (Phi) is 2.90. The average molecular weight is 246 g/mol. The number of hydrogen-bond acceptors (Lipinski definition) is 2. The minimum Gasteiger partial charge on any atom is -0.384 e. The summed E-state index contributed by atoms with van der Waals surface area (Å²) in [5.41, 5.74) is 8.89. The van der Waals surface area contributed by atoms with Gasteiger partial charge in [-0.1, -0.05) is 0 Å². The topological polar surface area (TPSA) is 67.7 Å². The molecule has 2 aromatic rings. The van der Waals surface area contributed by atoms with Crippen molar-refractivity contribution in [2.45, 2.75) is 20.8 Å². The van der Waals surface area contributed by atoms with E-state index < -0.39 is 5.82 Å². The smallest absolute Gasteiger partial charge is 0.149 e. The fraction of sp³-hybridized carbons (Fsp3) is 0.231. The molecule has 0 amide bonds. The number of rotatable bonds is 2. The molecule has 0 fully saturated rings. The van der Waals surface area contributed by atoms with Crippen molar-refractivity contribution in [2.24, 2.45) is 5.73 Å². The molecular weight excluding hydrogens is 231 g/mol. The number of amidine groups is 1. The molecule has 0 aliphatic carbocycles. The van der Waals surface area contributed by atoms with Gasteiger partial charge in [-0.15, -0.1) is 0 Å². The number of nitrogens with zero attached hydrogens (tertiary/aromatic N) is 2. The minimum atomic E-state index is -0.437. The van der Waals surface area contributed by atoms with Gasteiger partial charge in [0.05, 0.1) is 5.69 Å². The molecule has 2 rings (SSSR count). The van der Waals surface area contributed by atoms with E-state index >= 15 is 0 Å². The zero-order chi connectivity index (χ0) is 13.4. The monoisotopic (exact) mass is 246 g/mol. The lowest BCUT2D eigenvalue weighted by Crippen LogP contribution is -2.12. The lowest BCUT2D eigenvalue weighted by atomic mass is 10.1. The Labute approximate surface area is 105 Å². The maximum absolute atomic E-state index is 14.0. The molecule has 18 heavy (non-hydrogen) atoms. The Hall–Kier alpha value is -2.17. The molecule has 5 heteroatoms. The zero-order valence-electron chi connectivity index (χ0n) is 10.6. The summed E-state index contributed by atoms with van der Waals surface area (Å²) < 4.78 is 15.6. The summed E-state index contributed by atoms with van der Waals surface area (Å²) in [6, 6.07) is 4.46. The molecule has 0 aliphatic heterocycles. The summed E-state index contributed by atoms with van der Waals surface area (Å²) in [5.74, 6) is -0.585. The predicted molar refractivity (Wildman–Crippen MR) is 68.7 cm³/mol. The number of nitrogen functional groups attached to an aromatic ring is 1. The highest BCUT2D eigenvalue weighted by Gasteiger charge is 2.13. The van der Waals surface area contributed by atoms with Gasteiger partial charge in [-0.2, -0.15) is 5.10 Å². The Bertz CT molecular complexity index is 628. The number of halogens is 1. The van der Waals surface area contributed by atoms with Gasteiger partial charge < -0.3 is 5.73 Å². The molecule has 1 aromatic carbocycles. The molecular formula is C13H15FN4. The van der Waals surface area contributed by atoms with Crippen LogP contribution in [0.1, 0.15) is 22.5 Å². The fourth-order valence-corrected chi connectivity index (χ4v) is 1.80. The number of aromatic nitrogens is 2. The second-order valence-electron chi connectivity index (χ2n) is 4.29. The van der Waals surface area contributed by atoms with Crippen LogP contribution in [0.4, 0.5) is 4.39 Å². The summed E-state index contributed by atoms with van der Waals surface area (Å²) in [7, 11) is 0. The lowest BCUT2D eigenvalue weighted by molar-refractivity contribution is 0.607. The largest absolute Gasteiger partial charge is 0.384 e. The Morgan fingerprint density at radius 1 is 1.33 bits per heavy atom. The van der Waals surface area contributed by atoms with Gasteiger partial charge in [-0.05, 0) is 44.5 Å². The summed E-state index contributed by atoms with van der Waals surface area (Å²) >= 11 is 0. The van der Waals surface area contributed by atoms with Crippen LogP contribution in [0.3, 0.4) is 0 Å². The van der Waals surface area contributed by atoms with Crippen LogP contribution in [0, 0.1) is 32.0 Å². The Morgan fingerprint density at radius 2 is 2.00 bits per heavy atom. The fourth-order valence-electron chi connectivity index (χ4n) is 1.80. The number of nitrogens with two attached hydrogens (primary N) is 1. The third-order valence-corrected chi connectivity index (χ3v) is 3.14. The third-order valence-electron chi connectivity index (χ3n) is 3.14. The Balaban J connectivity index is 2.58. The molecule has 1 heterocycles. The standard InChI is InChI=1S/C13H15FN4/c1-7-8(2)17-18(9(7)3)12-5-4-10(13(15)16)6-11(12)14/h4-6H,1-3H3,(H3,15,16). The molecule has 94 valence electrons. The molecule has 3 N–H and O–H groups in total. The summed E-state index contributed by atoms with van der Waals surface area (Å²) in [6.45, 7) is 5.74. The molecule has 0 saturated carbocycles. The van der Waals surface area contributed by atoms with Gasteiger partial charge in [-0.3, -0.25) is 5.41 Å². The maximum Gasteiger partial charge on any atom is 0.149 e. The first-order chi connectivity index (χ1) is 8.41. The van der Waals surface area contributed by atoms with Gasteiger partial charge in [0.1, 0.15) is 17.3 Å². The average Bonchev–Trinajstić information content (AvgIpc) is 2.57. The van der Waals surface area contributed by atoms with E-state index in [1.165, 1.54) is 6.07 Å². The normalized spacial score (nSPS) is 10.7. The predicted octanol–water partition coefficient (Wildman–Crippen LogP) is 2.22. The second-order valence-corrected chi connectivity index (χ2v) is 4.29. The van der Waals surface area contributed by atoms with Gasteiger partial charge in [0, 0.05) is 11.3 Å². The summed E-state index contributed by atoms with van der Waals surface area (Å²) in [6.07, 6.45) is 0. The van der Waals surface area contributed by atoms with Crippen LogP contribution < -0.4 is 5.73 Å². The van der Waals surface area contributed by atoms with E-state index in [0.717, 1.165) is 17.0 Å². The molecule has 0 unspecified atom stereocenters. The summed E-state index contributed by atoms with van der Waals surface area (Å²) in [4.78, 5) is 0. The van der Waals surface area contributed by atoms with Crippen molar-refractivity contribution in [1.82, 2.24) is 9.78 Å². The molecule has 0 radical (unpaired) electrons. The van der Waals surface area contributed by atoms with Crippen molar-refractivity contribution >= 4 is 5.84 Å². The van der Waals surface area contributed by atoms with E-state index in [1.807, 2.05) is 20.8 Å². The number of hydrogen-bond donors (Lipinski definition) is 2. The molecule has 0 bridgehead atoms. The van der Waals surface area contributed by atoms with Crippen molar-refractivity contribution in [3.63, 3.8) is 0 Å². The number of aryl methyl sites for hydroxylation is 1. The van der Waals surface area contributed by atoms with Gasteiger partial charge >= 0.3 is 0 Å². The van der Waals surface area contributed by atoms with Crippen LogP contribution in [0.15, 0.2) is 18.2 Å². The highest BCUT2D eigenvalue weighted by Crippen LogP contribution is 2.20. The third kappa shape index (κ3) is 1.88. The lowest BCUT2D eigenvalue weighted by Gasteiger charge is -2.07. The molecule has 0 aliphatic rings. The molecule has 0 saturated heterocycles. The second kappa shape index (κ2) is 4.25. The molecule has 4 nitrogen and oxygen atoms in total. The first kappa shape index (κ1) is 12.3. The van der Waals surface area contributed by atoms with Crippen LogP contribution in [0.5, 0.6) is 0 Å². The van der Waals surface area contributed by atoms with Crippen molar-refractivity contribution in [2.75, 3.05) is 0 Å². The SMILES string of the molecule is Cc1nn(-c2ccc(C(=N)N)cc2F)c(C)c1C. The minimum absolute atomic E-state index is 0.148. The maximum atomic E-state index is 14.0. The Morgan fingerprint density at radius 3 is 2.44 bits per heavy atom. The van der Waals surface area contributed by atoms with Crippen molar-refractivity contribution in [3.8, 4) is 5.69 Å². The van der Waals surface area contributed by atoms with E-state index in [1.54, 1.807) is 16.8 Å². The van der Waals surface area contributed by atoms with E-state index in [4.69, 9.17) is 11.1 Å². The van der Waals surface area contributed by atoms with Crippen molar-refractivity contribution in [3.05, 3.63) is 46.5 Å². The van der Waals surface area contributed by atoms with Crippen LogP contribution in [-0.4, -0.2) is 15.6 Å². The molecule has 0 atom stereocenters. The van der Waals surface area contributed by atoms with Crippen LogP contribution in [0.25, 0.3) is 5.69 Å². The molecule has 0 spiro atoms. The van der Waals surface area contributed by atoms with Crippen LogP contribution in [0.2, 0.25) is 0 Å². The highest BCUT2D eigenvalue weighted by molar-refractivity contribution is 5.95. The van der Waals surface area contributed by atoms with Crippen LogP contribution in [-0.2, 0) is 0 Å². The van der Waals surface area contributed by atoms with Gasteiger partial charge in [0.2, 0.25) is 0 Å². The van der Waals surface area contributed by atoms with Crippen molar-refractivity contribution in [1.29, 1.82) is 5.41 Å². The quantitative estimate of drug-likeness (QED) is 0.630. The highest BCUT2D eigenvalue weighted by atomic mass is 19.1. The van der Waals surface area contributed by atoms with Crippen LogP contribution >= 0.6 is 0 Å². The van der Waals surface area contributed by atoms with Gasteiger partial charge in [0.15, 0.2) is 0 Å². The van der Waals surface area contributed by atoms with E-state index in [9.17, 15) is 4.39 Å². The van der Waals surface area contributed by atoms with Crippen molar-refractivity contribution < 1.29 is 4.39 Å². The first-order valence-corrected chi connectivity index (χ1v) is 5.59. The van der Waals surface area contributed by atoms with E-state index in [-0.39, 0.29) is 5.84 Å². The summed E-state index contributed by atoms with van der Waals surface area (Å²) in [5, 5.41) is 11.6. The number of nitrogens with one attached hydrogen (secondary N) is 1. The van der Waals surface area contributed by atoms with E-state index in [0.29, 0.717) is 11.3 Å².